The molecule has 1 unspecified atom stereocenters. The van der Waals surface area contributed by atoms with Crippen LogP contribution in [0.15, 0.2) is 0 Å². The SMILES string of the molecule is [B][C@@H]1O[C@H](CO[Si](C)(C)C)[C@H](O)C1C. The van der Waals surface area contributed by atoms with Gasteiger partial charge in [-0.25, -0.2) is 0 Å². The number of aliphatic hydroxyl groups is 1. The second-order valence-corrected chi connectivity index (χ2v) is 9.43. The Morgan fingerprint density at radius 2 is 2.00 bits per heavy atom. The lowest BCUT2D eigenvalue weighted by atomic mass is 9.86. The maximum Gasteiger partial charge on any atom is 0.183 e. The summed E-state index contributed by atoms with van der Waals surface area (Å²) in [6.45, 7) is 8.67. The lowest BCUT2D eigenvalue weighted by Gasteiger charge is -2.22. The molecule has 0 spiro atoms. The lowest BCUT2D eigenvalue weighted by Crippen LogP contribution is -2.35. The third-order valence-electron chi connectivity index (χ3n) is 2.45. The standard InChI is InChI=1S/C9H19BO3Si/c1-6-8(11)7(13-9(6)10)5-12-14(2,3)4/h6-9,11H,5H2,1-4H3/t6?,7-,8-,9-/m1/s1. The van der Waals surface area contributed by atoms with Crippen LogP contribution in [-0.4, -0.2) is 46.1 Å². The van der Waals surface area contributed by atoms with E-state index < -0.39 is 14.4 Å². The van der Waals surface area contributed by atoms with Gasteiger partial charge in [-0.15, -0.1) is 0 Å². The van der Waals surface area contributed by atoms with Crippen LogP contribution < -0.4 is 0 Å². The minimum absolute atomic E-state index is 0.00904. The van der Waals surface area contributed by atoms with E-state index in [-0.39, 0.29) is 18.0 Å². The average Bonchev–Trinajstić information content (AvgIpc) is 2.28. The van der Waals surface area contributed by atoms with E-state index in [0.29, 0.717) is 6.61 Å². The Balaban J connectivity index is 2.40. The molecule has 1 aliphatic rings. The van der Waals surface area contributed by atoms with Gasteiger partial charge in [-0.2, -0.15) is 0 Å². The van der Waals surface area contributed by atoms with E-state index in [4.69, 9.17) is 17.0 Å². The molecule has 4 atom stereocenters. The number of hydrogen-bond donors (Lipinski definition) is 1. The van der Waals surface area contributed by atoms with Gasteiger partial charge in [-0.3, -0.25) is 0 Å². The molecule has 0 aromatic rings. The van der Waals surface area contributed by atoms with E-state index >= 15 is 0 Å². The molecule has 1 fully saturated rings. The van der Waals surface area contributed by atoms with Crippen LogP contribution in [0.1, 0.15) is 6.92 Å². The van der Waals surface area contributed by atoms with Gasteiger partial charge in [-0.05, 0) is 19.6 Å². The molecule has 1 heterocycles. The van der Waals surface area contributed by atoms with Crippen molar-refractivity contribution in [3.05, 3.63) is 0 Å². The van der Waals surface area contributed by atoms with Gasteiger partial charge in [0.05, 0.1) is 12.7 Å². The van der Waals surface area contributed by atoms with Crippen molar-refractivity contribution in [3.8, 4) is 0 Å². The van der Waals surface area contributed by atoms with Gasteiger partial charge >= 0.3 is 0 Å². The molecule has 0 amide bonds. The third kappa shape index (κ3) is 3.09. The molecule has 0 aliphatic carbocycles. The molecule has 0 aromatic heterocycles. The molecule has 0 saturated carbocycles. The smallest absolute Gasteiger partial charge is 0.183 e. The summed E-state index contributed by atoms with van der Waals surface area (Å²) in [7, 11) is 4.14. The van der Waals surface area contributed by atoms with Gasteiger partial charge in [-0.1, -0.05) is 6.92 Å². The molecule has 2 radical (unpaired) electrons. The van der Waals surface area contributed by atoms with Crippen LogP contribution in [0.2, 0.25) is 19.6 Å². The van der Waals surface area contributed by atoms with Gasteiger partial charge in [0.1, 0.15) is 14.0 Å². The Bertz CT molecular complexity index is 195. The van der Waals surface area contributed by atoms with Crippen LogP contribution in [0.5, 0.6) is 0 Å². The van der Waals surface area contributed by atoms with E-state index in [0.717, 1.165) is 0 Å². The van der Waals surface area contributed by atoms with Crippen LogP contribution in [0, 0.1) is 5.92 Å². The highest BCUT2D eigenvalue weighted by Gasteiger charge is 2.38. The molecule has 1 saturated heterocycles. The first-order chi connectivity index (χ1) is 6.31. The zero-order valence-corrected chi connectivity index (χ0v) is 10.4. The zero-order chi connectivity index (χ0) is 10.9. The predicted molar refractivity (Wildman–Crippen MR) is 58.9 cm³/mol. The molecule has 0 bridgehead atoms. The molecular formula is C9H19BO3Si. The van der Waals surface area contributed by atoms with Gasteiger partial charge in [0, 0.05) is 11.9 Å². The summed E-state index contributed by atoms with van der Waals surface area (Å²) in [6, 6.07) is -0.361. The Kier molecular flexibility index (Phi) is 3.80. The maximum atomic E-state index is 9.76. The van der Waals surface area contributed by atoms with Crippen LogP contribution in [0.4, 0.5) is 0 Å². The molecule has 14 heavy (non-hydrogen) atoms. The van der Waals surface area contributed by atoms with Crippen molar-refractivity contribution in [1.82, 2.24) is 0 Å². The summed E-state index contributed by atoms with van der Waals surface area (Å²) in [6.07, 6.45) is -0.756. The minimum Gasteiger partial charge on any atom is -0.415 e. The summed E-state index contributed by atoms with van der Waals surface area (Å²) >= 11 is 0. The van der Waals surface area contributed by atoms with Gasteiger partial charge in [0.2, 0.25) is 0 Å². The normalized spacial score (nSPS) is 38.9. The third-order valence-corrected chi connectivity index (χ3v) is 3.48. The molecule has 1 N–H and O–H groups in total. The number of hydrogen-bond acceptors (Lipinski definition) is 3. The molecule has 3 nitrogen and oxygen atoms in total. The highest BCUT2D eigenvalue weighted by atomic mass is 28.4. The Labute approximate surface area is 88.3 Å². The second-order valence-electron chi connectivity index (χ2n) is 4.91. The fraction of sp³-hybridized carbons (Fsp3) is 1.00. The van der Waals surface area contributed by atoms with Crippen LogP contribution in [0.25, 0.3) is 0 Å². The van der Waals surface area contributed by atoms with Crippen molar-refractivity contribution < 1.29 is 14.3 Å². The lowest BCUT2D eigenvalue weighted by molar-refractivity contribution is -0.000159. The predicted octanol–water partition coefficient (Wildman–Crippen LogP) is 0.728. The first kappa shape index (κ1) is 12.2. The van der Waals surface area contributed by atoms with Gasteiger partial charge in [0.15, 0.2) is 8.32 Å². The van der Waals surface area contributed by atoms with Crippen molar-refractivity contribution in [3.63, 3.8) is 0 Å². The van der Waals surface area contributed by atoms with Crippen molar-refractivity contribution in [2.24, 2.45) is 5.92 Å². The summed E-state index contributed by atoms with van der Waals surface area (Å²) in [4.78, 5) is 0. The summed E-state index contributed by atoms with van der Waals surface area (Å²) in [5.74, 6) is -0.00904. The second kappa shape index (κ2) is 4.35. The molecule has 0 aromatic carbocycles. The monoisotopic (exact) mass is 214 g/mol. The Morgan fingerprint density at radius 1 is 1.43 bits per heavy atom. The molecule has 1 rings (SSSR count). The fourth-order valence-corrected chi connectivity index (χ4v) is 2.07. The van der Waals surface area contributed by atoms with Crippen molar-refractivity contribution in [2.75, 3.05) is 6.61 Å². The Hall–Kier alpha value is 0.162. The maximum absolute atomic E-state index is 9.76. The zero-order valence-electron chi connectivity index (χ0n) is 9.36. The van der Waals surface area contributed by atoms with E-state index in [1.807, 2.05) is 6.92 Å². The molecule has 1 aliphatic heterocycles. The van der Waals surface area contributed by atoms with Crippen LogP contribution in [0.3, 0.4) is 0 Å². The van der Waals surface area contributed by atoms with Gasteiger partial charge < -0.3 is 14.3 Å². The van der Waals surface area contributed by atoms with Crippen molar-refractivity contribution in [1.29, 1.82) is 0 Å². The van der Waals surface area contributed by atoms with Crippen LogP contribution in [-0.2, 0) is 9.16 Å². The molecule has 5 heteroatoms. The average molecular weight is 214 g/mol. The number of rotatable bonds is 3. The largest absolute Gasteiger partial charge is 0.415 e. The summed E-state index contributed by atoms with van der Waals surface area (Å²) < 4.78 is 11.1. The number of ether oxygens (including phenoxy) is 1. The first-order valence-corrected chi connectivity index (χ1v) is 8.45. The topological polar surface area (TPSA) is 38.7 Å². The minimum atomic E-state index is -1.53. The van der Waals surface area contributed by atoms with Crippen molar-refractivity contribution in [2.45, 2.75) is 44.8 Å². The van der Waals surface area contributed by atoms with Crippen molar-refractivity contribution >= 4 is 16.2 Å². The molecule has 80 valence electrons. The van der Waals surface area contributed by atoms with Gasteiger partial charge in [0.25, 0.3) is 0 Å². The number of aliphatic hydroxyl groups excluding tert-OH is 1. The van der Waals surface area contributed by atoms with E-state index in [1.54, 1.807) is 0 Å². The van der Waals surface area contributed by atoms with E-state index in [2.05, 4.69) is 19.6 Å². The quantitative estimate of drug-likeness (QED) is 0.704. The highest BCUT2D eigenvalue weighted by Crippen LogP contribution is 2.25. The summed E-state index contributed by atoms with van der Waals surface area (Å²) in [5.41, 5.74) is 0. The first-order valence-electron chi connectivity index (χ1n) is 5.04. The summed E-state index contributed by atoms with van der Waals surface area (Å²) in [5, 5.41) is 9.76. The Morgan fingerprint density at radius 3 is 2.36 bits per heavy atom. The van der Waals surface area contributed by atoms with Crippen LogP contribution >= 0.6 is 0 Å². The highest BCUT2D eigenvalue weighted by molar-refractivity contribution is 6.69. The molecular weight excluding hydrogens is 195 g/mol. The van der Waals surface area contributed by atoms with E-state index in [1.165, 1.54) is 0 Å². The van der Waals surface area contributed by atoms with E-state index in [9.17, 15) is 5.11 Å². The fourth-order valence-electron chi connectivity index (χ4n) is 1.41.